The van der Waals surface area contributed by atoms with Crippen LogP contribution in [0.15, 0.2) is 0 Å². The SMILES string of the molecule is CC(C)(C)OC(=O)CCOC[C@@H]1CCCN1C(=O)O. The molecule has 1 fully saturated rings. The fourth-order valence-corrected chi connectivity index (χ4v) is 2.03. The maximum atomic E-state index is 11.4. The summed E-state index contributed by atoms with van der Waals surface area (Å²) in [5.41, 5.74) is -0.483. The Bertz CT molecular complexity index is 323. The van der Waals surface area contributed by atoms with Crippen molar-refractivity contribution in [3.05, 3.63) is 0 Å². The molecular weight excluding hydrogens is 250 g/mol. The molecular formula is C13H23NO5. The van der Waals surface area contributed by atoms with Gasteiger partial charge in [-0.25, -0.2) is 4.79 Å². The van der Waals surface area contributed by atoms with Crippen LogP contribution >= 0.6 is 0 Å². The second kappa shape index (κ2) is 6.75. The number of esters is 1. The lowest BCUT2D eigenvalue weighted by atomic mass is 10.2. The van der Waals surface area contributed by atoms with Crippen LogP contribution in [-0.4, -0.2) is 53.5 Å². The van der Waals surface area contributed by atoms with Crippen LogP contribution in [0.4, 0.5) is 4.79 Å². The molecule has 0 aromatic heterocycles. The van der Waals surface area contributed by atoms with Crippen LogP contribution in [0.25, 0.3) is 0 Å². The zero-order valence-corrected chi connectivity index (χ0v) is 11.8. The van der Waals surface area contributed by atoms with E-state index in [9.17, 15) is 9.59 Å². The minimum atomic E-state index is -0.904. The number of rotatable bonds is 5. The van der Waals surface area contributed by atoms with Gasteiger partial charge in [-0.3, -0.25) is 4.79 Å². The quantitative estimate of drug-likeness (QED) is 0.611. The first-order valence-electron chi connectivity index (χ1n) is 6.59. The molecule has 1 atom stereocenters. The number of nitrogens with zero attached hydrogens (tertiary/aromatic N) is 1. The van der Waals surface area contributed by atoms with E-state index in [-0.39, 0.29) is 25.0 Å². The van der Waals surface area contributed by atoms with Gasteiger partial charge in [0.15, 0.2) is 0 Å². The van der Waals surface area contributed by atoms with Crippen molar-refractivity contribution in [2.24, 2.45) is 0 Å². The van der Waals surface area contributed by atoms with E-state index in [1.54, 1.807) is 0 Å². The van der Waals surface area contributed by atoms with Gasteiger partial charge in [0.25, 0.3) is 0 Å². The Balaban J connectivity index is 2.17. The molecule has 1 heterocycles. The molecule has 1 aliphatic rings. The van der Waals surface area contributed by atoms with E-state index in [1.807, 2.05) is 20.8 Å². The average molecular weight is 273 g/mol. The van der Waals surface area contributed by atoms with Gasteiger partial charge in [-0.1, -0.05) is 0 Å². The summed E-state index contributed by atoms with van der Waals surface area (Å²) in [5.74, 6) is -0.297. The summed E-state index contributed by atoms with van der Waals surface area (Å²) in [6.45, 7) is 6.61. The van der Waals surface area contributed by atoms with E-state index < -0.39 is 11.7 Å². The van der Waals surface area contributed by atoms with Gasteiger partial charge in [0.2, 0.25) is 0 Å². The predicted molar refractivity (Wildman–Crippen MR) is 69.0 cm³/mol. The maximum Gasteiger partial charge on any atom is 0.407 e. The molecule has 110 valence electrons. The van der Waals surface area contributed by atoms with E-state index in [2.05, 4.69) is 0 Å². The lowest BCUT2D eigenvalue weighted by Crippen LogP contribution is -2.37. The minimum Gasteiger partial charge on any atom is -0.465 e. The number of hydrogen-bond acceptors (Lipinski definition) is 4. The van der Waals surface area contributed by atoms with E-state index >= 15 is 0 Å². The molecule has 0 aromatic carbocycles. The molecule has 19 heavy (non-hydrogen) atoms. The third kappa shape index (κ3) is 5.92. The number of carbonyl (C=O) groups excluding carboxylic acids is 1. The van der Waals surface area contributed by atoms with Gasteiger partial charge in [0.05, 0.1) is 25.7 Å². The summed E-state index contributed by atoms with van der Waals surface area (Å²) >= 11 is 0. The average Bonchev–Trinajstić information content (AvgIpc) is 2.70. The molecule has 0 saturated carbocycles. The number of hydrogen-bond donors (Lipinski definition) is 1. The molecule has 1 saturated heterocycles. The van der Waals surface area contributed by atoms with Crippen molar-refractivity contribution in [3.8, 4) is 0 Å². The second-order valence-corrected chi connectivity index (χ2v) is 5.68. The van der Waals surface area contributed by atoms with Crippen LogP contribution < -0.4 is 0 Å². The first-order valence-corrected chi connectivity index (χ1v) is 6.59. The van der Waals surface area contributed by atoms with Crippen molar-refractivity contribution in [3.63, 3.8) is 0 Å². The predicted octanol–water partition coefficient (Wildman–Crippen LogP) is 1.88. The van der Waals surface area contributed by atoms with Crippen LogP contribution in [0.5, 0.6) is 0 Å². The Hall–Kier alpha value is -1.30. The molecule has 1 rings (SSSR count). The summed E-state index contributed by atoms with van der Waals surface area (Å²) in [4.78, 5) is 23.7. The second-order valence-electron chi connectivity index (χ2n) is 5.68. The van der Waals surface area contributed by atoms with Gasteiger partial charge in [-0.05, 0) is 33.6 Å². The first kappa shape index (κ1) is 15.8. The summed E-state index contributed by atoms with van der Waals surface area (Å²) < 4.78 is 10.5. The lowest BCUT2D eigenvalue weighted by molar-refractivity contribution is -0.156. The third-order valence-electron chi connectivity index (χ3n) is 2.80. The smallest absolute Gasteiger partial charge is 0.407 e. The van der Waals surface area contributed by atoms with Gasteiger partial charge >= 0.3 is 12.1 Å². The Labute approximate surface area is 113 Å². The molecule has 6 nitrogen and oxygen atoms in total. The molecule has 0 bridgehead atoms. The summed E-state index contributed by atoms with van der Waals surface area (Å²) in [6.07, 6.45) is 0.973. The molecule has 1 amide bonds. The molecule has 1 aliphatic heterocycles. The Kier molecular flexibility index (Phi) is 5.60. The van der Waals surface area contributed by atoms with Crippen LogP contribution in [0.3, 0.4) is 0 Å². The number of carboxylic acid groups (broad SMARTS) is 1. The summed E-state index contributed by atoms with van der Waals surface area (Å²) in [6, 6.07) is -0.0869. The number of carbonyl (C=O) groups is 2. The number of likely N-dealkylation sites (tertiary alicyclic amines) is 1. The Morgan fingerprint density at radius 2 is 2.05 bits per heavy atom. The molecule has 0 aliphatic carbocycles. The first-order chi connectivity index (χ1) is 8.79. The zero-order valence-electron chi connectivity index (χ0n) is 11.8. The van der Waals surface area contributed by atoms with Crippen molar-refractivity contribution in [1.82, 2.24) is 4.90 Å². The number of amides is 1. The monoisotopic (exact) mass is 273 g/mol. The molecule has 6 heteroatoms. The highest BCUT2D eigenvalue weighted by Gasteiger charge is 2.28. The Morgan fingerprint density at radius 1 is 1.37 bits per heavy atom. The van der Waals surface area contributed by atoms with Gasteiger partial charge in [0, 0.05) is 6.54 Å². The summed E-state index contributed by atoms with van der Waals surface area (Å²) in [7, 11) is 0. The van der Waals surface area contributed by atoms with Gasteiger partial charge in [-0.15, -0.1) is 0 Å². The van der Waals surface area contributed by atoms with Crippen LogP contribution in [0, 0.1) is 0 Å². The van der Waals surface area contributed by atoms with Crippen molar-refractivity contribution in [2.75, 3.05) is 19.8 Å². The third-order valence-corrected chi connectivity index (χ3v) is 2.80. The van der Waals surface area contributed by atoms with Crippen molar-refractivity contribution in [1.29, 1.82) is 0 Å². The van der Waals surface area contributed by atoms with Crippen molar-refractivity contribution < 1.29 is 24.2 Å². The van der Waals surface area contributed by atoms with Crippen LogP contribution in [0.1, 0.15) is 40.0 Å². The van der Waals surface area contributed by atoms with Gasteiger partial charge < -0.3 is 19.5 Å². The Morgan fingerprint density at radius 3 is 2.63 bits per heavy atom. The molecule has 0 radical (unpaired) electrons. The molecule has 0 aromatic rings. The standard InChI is InChI=1S/C13H23NO5/c1-13(2,3)19-11(15)6-8-18-9-10-5-4-7-14(10)12(16)17/h10H,4-9H2,1-3H3,(H,16,17)/t10-/m0/s1. The largest absolute Gasteiger partial charge is 0.465 e. The maximum absolute atomic E-state index is 11.4. The highest BCUT2D eigenvalue weighted by molar-refractivity contribution is 5.69. The van der Waals surface area contributed by atoms with Crippen LogP contribution in [-0.2, 0) is 14.3 Å². The minimum absolute atomic E-state index is 0.0869. The van der Waals surface area contributed by atoms with Crippen molar-refractivity contribution in [2.45, 2.75) is 51.7 Å². The fraction of sp³-hybridized carbons (Fsp3) is 0.846. The highest BCUT2D eigenvalue weighted by Crippen LogP contribution is 2.17. The van der Waals surface area contributed by atoms with E-state index in [0.717, 1.165) is 12.8 Å². The van der Waals surface area contributed by atoms with Gasteiger partial charge in [-0.2, -0.15) is 0 Å². The molecule has 1 N–H and O–H groups in total. The lowest BCUT2D eigenvalue weighted by Gasteiger charge is -2.22. The summed E-state index contributed by atoms with van der Waals surface area (Å²) in [5, 5.41) is 8.95. The van der Waals surface area contributed by atoms with Gasteiger partial charge in [0.1, 0.15) is 5.60 Å². The van der Waals surface area contributed by atoms with E-state index in [4.69, 9.17) is 14.6 Å². The molecule has 0 spiro atoms. The van der Waals surface area contributed by atoms with Crippen LogP contribution in [0.2, 0.25) is 0 Å². The topological polar surface area (TPSA) is 76.1 Å². The molecule has 0 unspecified atom stereocenters. The highest BCUT2D eigenvalue weighted by atomic mass is 16.6. The zero-order chi connectivity index (χ0) is 14.5. The normalized spacial score (nSPS) is 19.5. The van der Waals surface area contributed by atoms with Crippen molar-refractivity contribution >= 4 is 12.1 Å². The number of ether oxygens (including phenoxy) is 2. The fourth-order valence-electron chi connectivity index (χ4n) is 2.03. The van der Waals surface area contributed by atoms with E-state index in [0.29, 0.717) is 13.2 Å². The van der Waals surface area contributed by atoms with E-state index in [1.165, 1.54) is 4.90 Å².